The van der Waals surface area contributed by atoms with Crippen LogP contribution in [0.3, 0.4) is 0 Å². The van der Waals surface area contributed by atoms with Crippen molar-refractivity contribution in [2.24, 2.45) is 5.10 Å². The molecule has 0 aliphatic carbocycles. The number of benzene rings is 1. The zero-order valence-corrected chi connectivity index (χ0v) is 12.0. The number of nitrogens with zero attached hydrogens (tertiary/aromatic N) is 2. The molecule has 0 fully saturated rings. The predicted molar refractivity (Wildman–Crippen MR) is 80.2 cm³/mol. The van der Waals surface area contributed by atoms with E-state index in [1.165, 1.54) is 19.4 Å². The molecule has 7 heteroatoms. The molecule has 7 nitrogen and oxygen atoms in total. The largest absolute Gasteiger partial charge is 0.504 e. The van der Waals surface area contributed by atoms with Crippen molar-refractivity contribution < 1.29 is 9.84 Å². The molecule has 0 saturated carbocycles. The van der Waals surface area contributed by atoms with E-state index in [0.29, 0.717) is 22.6 Å². The van der Waals surface area contributed by atoms with Gasteiger partial charge in [-0.05, 0) is 37.6 Å². The van der Waals surface area contributed by atoms with E-state index < -0.39 is 0 Å². The van der Waals surface area contributed by atoms with Crippen LogP contribution in [0.2, 0.25) is 0 Å². The summed E-state index contributed by atoms with van der Waals surface area (Å²) in [5, 5.41) is 13.6. The molecule has 0 saturated heterocycles. The number of hydrogen-bond donors (Lipinski definition) is 3. The van der Waals surface area contributed by atoms with Gasteiger partial charge in [-0.3, -0.25) is 9.78 Å². The lowest BCUT2D eigenvalue weighted by atomic mass is 10.2. The summed E-state index contributed by atoms with van der Waals surface area (Å²) in [6.07, 6.45) is 1.49. The quantitative estimate of drug-likeness (QED) is 0.585. The highest BCUT2D eigenvalue weighted by Gasteiger charge is 2.03. The van der Waals surface area contributed by atoms with Crippen LogP contribution in [0.15, 0.2) is 28.1 Å². The third-order valence-electron chi connectivity index (χ3n) is 2.98. The number of nitrogens with one attached hydrogen (secondary N) is 2. The van der Waals surface area contributed by atoms with Crippen molar-refractivity contribution in [3.63, 3.8) is 0 Å². The average molecular weight is 288 g/mol. The van der Waals surface area contributed by atoms with Gasteiger partial charge >= 0.3 is 0 Å². The predicted octanol–water partition coefficient (Wildman–Crippen LogP) is 1.55. The molecule has 0 bridgehead atoms. The molecule has 110 valence electrons. The molecule has 1 aromatic carbocycles. The van der Waals surface area contributed by atoms with Gasteiger partial charge in [0.15, 0.2) is 11.5 Å². The lowest BCUT2D eigenvalue weighted by Gasteiger charge is -2.04. The summed E-state index contributed by atoms with van der Waals surface area (Å²) in [7, 11) is 1.48. The highest BCUT2D eigenvalue weighted by molar-refractivity contribution is 5.81. The Kier molecular flexibility index (Phi) is 4.22. The number of methoxy groups -OCH3 is 1. The van der Waals surface area contributed by atoms with Crippen molar-refractivity contribution in [2.45, 2.75) is 13.8 Å². The van der Waals surface area contributed by atoms with Crippen LogP contribution in [0.25, 0.3) is 0 Å². The van der Waals surface area contributed by atoms with Crippen LogP contribution in [-0.2, 0) is 0 Å². The minimum absolute atomic E-state index is 0.0270. The van der Waals surface area contributed by atoms with E-state index in [1.54, 1.807) is 26.0 Å². The molecule has 0 unspecified atom stereocenters. The number of rotatable bonds is 4. The van der Waals surface area contributed by atoms with Crippen LogP contribution in [0.1, 0.15) is 16.8 Å². The summed E-state index contributed by atoms with van der Waals surface area (Å²) in [6, 6.07) is 4.88. The molecule has 0 atom stereocenters. The van der Waals surface area contributed by atoms with Crippen molar-refractivity contribution in [1.82, 2.24) is 9.97 Å². The van der Waals surface area contributed by atoms with E-state index in [-0.39, 0.29) is 17.3 Å². The Morgan fingerprint density at radius 2 is 2.19 bits per heavy atom. The summed E-state index contributed by atoms with van der Waals surface area (Å²) >= 11 is 0. The molecule has 1 heterocycles. The average Bonchev–Trinajstić information content (AvgIpc) is 2.45. The number of aromatic nitrogens is 2. The Hall–Kier alpha value is -2.83. The Balaban J connectivity index is 2.12. The summed E-state index contributed by atoms with van der Waals surface area (Å²) in [4.78, 5) is 18.3. The van der Waals surface area contributed by atoms with Gasteiger partial charge in [0, 0.05) is 11.3 Å². The van der Waals surface area contributed by atoms with E-state index in [2.05, 4.69) is 20.5 Å². The first-order valence-corrected chi connectivity index (χ1v) is 6.25. The van der Waals surface area contributed by atoms with E-state index in [4.69, 9.17) is 4.74 Å². The number of phenolic OH excluding ortho intramolecular Hbond substituents is 1. The minimum Gasteiger partial charge on any atom is -0.504 e. The number of aromatic amines is 1. The number of hydrogen-bond acceptors (Lipinski definition) is 6. The molecule has 0 aliphatic rings. The molecule has 0 aliphatic heterocycles. The molecule has 3 N–H and O–H groups in total. The minimum atomic E-state index is -0.206. The number of phenols is 1. The molecular formula is C14H16N4O3. The van der Waals surface area contributed by atoms with Crippen molar-refractivity contribution in [3.05, 3.63) is 45.4 Å². The van der Waals surface area contributed by atoms with Crippen molar-refractivity contribution >= 4 is 12.2 Å². The van der Waals surface area contributed by atoms with Crippen LogP contribution in [0, 0.1) is 13.8 Å². The van der Waals surface area contributed by atoms with Crippen LogP contribution < -0.4 is 15.7 Å². The number of anilines is 1. The monoisotopic (exact) mass is 288 g/mol. The third-order valence-corrected chi connectivity index (χ3v) is 2.98. The molecular weight excluding hydrogens is 272 g/mol. The van der Waals surface area contributed by atoms with Gasteiger partial charge in [-0.2, -0.15) is 5.10 Å². The van der Waals surface area contributed by atoms with Crippen LogP contribution in [0.5, 0.6) is 11.5 Å². The first kappa shape index (κ1) is 14.6. The number of H-pyrrole nitrogens is 1. The molecule has 1 aromatic heterocycles. The van der Waals surface area contributed by atoms with Crippen LogP contribution in [-0.4, -0.2) is 28.4 Å². The normalized spacial score (nSPS) is 10.8. The van der Waals surface area contributed by atoms with Gasteiger partial charge in [-0.25, -0.2) is 10.4 Å². The zero-order valence-electron chi connectivity index (χ0n) is 12.0. The fourth-order valence-corrected chi connectivity index (χ4v) is 1.65. The second-order valence-corrected chi connectivity index (χ2v) is 4.43. The number of ether oxygens (including phenoxy) is 1. The van der Waals surface area contributed by atoms with E-state index >= 15 is 0 Å². The Labute approximate surface area is 121 Å². The highest BCUT2D eigenvalue weighted by atomic mass is 16.5. The number of hydrazone groups is 1. The van der Waals surface area contributed by atoms with Crippen molar-refractivity contribution in [2.75, 3.05) is 12.5 Å². The fraction of sp³-hybridized carbons (Fsp3) is 0.214. The maximum Gasteiger partial charge on any atom is 0.255 e. The summed E-state index contributed by atoms with van der Waals surface area (Å²) in [5.41, 5.74) is 4.32. The molecule has 2 rings (SSSR count). The third kappa shape index (κ3) is 3.38. The fourth-order valence-electron chi connectivity index (χ4n) is 1.65. The summed E-state index contributed by atoms with van der Waals surface area (Å²) in [6.45, 7) is 3.45. The van der Waals surface area contributed by atoms with Crippen molar-refractivity contribution in [3.8, 4) is 11.5 Å². The Bertz CT molecular complexity index is 737. The maximum absolute atomic E-state index is 11.6. The number of aryl methyl sites for hydroxylation is 1. The topological polar surface area (TPSA) is 99.6 Å². The lowest BCUT2D eigenvalue weighted by Crippen LogP contribution is -2.15. The van der Waals surface area contributed by atoms with Gasteiger partial charge in [-0.15, -0.1) is 0 Å². The lowest BCUT2D eigenvalue weighted by molar-refractivity contribution is 0.373. The van der Waals surface area contributed by atoms with E-state index in [1.807, 2.05) is 0 Å². The van der Waals surface area contributed by atoms with Gasteiger partial charge in [-0.1, -0.05) is 0 Å². The van der Waals surface area contributed by atoms with Crippen LogP contribution in [0.4, 0.5) is 5.95 Å². The second kappa shape index (κ2) is 6.08. The number of aromatic hydroxyl groups is 1. The molecule has 21 heavy (non-hydrogen) atoms. The van der Waals surface area contributed by atoms with Gasteiger partial charge in [0.2, 0.25) is 5.95 Å². The smallest absolute Gasteiger partial charge is 0.255 e. The zero-order chi connectivity index (χ0) is 15.4. The van der Waals surface area contributed by atoms with Crippen molar-refractivity contribution in [1.29, 1.82) is 0 Å². The first-order valence-electron chi connectivity index (χ1n) is 6.25. The maximum atomic E-state index is 11.6. The second-order valence-electron chi connectivity index (χ2n) is 4.43. The Morgan fingerprint density at radius 3 is 2.81 bits per heavy atom. The van der Waals surface area contributed by atoms with Gasteiger partial charge in [0.1, 0.15) is 0 Å². The molecule has 0 radical (unpaired) electrons. The first-order chi connectivity index (χ1) is 10.0. The SMILES string of the molecule is COc1ccc(/C=N\Nc2nc(C)c(C)c(=O)[nH]2)cc1O. The van der Waals surface area contributed by atoms with Gasteiger partial charge in [0.25, 0.3) is 5.56 Å². The van der Waals surface area contributed by atoms with E-state index in [0.717, 1.165) is 0 Å². The summed E-state index contributed by atoms with van der Waals surface area (Å²) in [5.74, 6) is 0.677. The highest BCUT2D eigenvalue weighted by Crippen LogP contribution is 2.25. The molecule has 0 spiro atoms. The molecule has 0 amide bonds. The standard InChI is InChI=1S/C14H16N4O3/c1-8-9(2)16-14(17-13(8)20)18-15-7-10-4-5-12(21-3)11(19)6-10/h4-7,19H,1-3H3,(H2,16,17,18,20)/b15-7-. The Morgan fingerprint density at radius 1 is 1.43 bits per heavy atom. The summed E-state index contributed by atoms with van der Waals surface area (Å²) < 4.78 is 4.95. The molecule has 2 aromatic rings. The van der Waals surface area contributed by atoms with E-state index in [9.17, 15) is 9.90 Å². The van der Waals surface area contributed by atoms with Crippen LogP contribution >= 0.6 is 0 Å². The van der Waals surface area contributed by atoms with Gasteiger partial charge < -0.3 is 9.84 Å². The van der Waals surface area contributed by atoms with Gasteiger partial charge in [0.05, 0.1) is 13.3 Å².